The molecule has 4 rings (SSSR count). The lowest BCUT2D eigenvalue weighted by atomic mass is 9.98. The van der Waals surface area contributed by atoms with Gasteiger partial charge in [-0.25, -0.2) is 0 Å². The number of hydrogen-bond donors (Lipinski definition) is 1. The first-order chi connectivity index (χ1) is 12.6. The van der Waals surface area contributed by atoms with Gasteiger partial charge < -0.3 is 10.2 Å². The number of amides is 1. The van der Waals surface area contributed by atoms with Crippen LogP contribution in [0, 0.1) is 0 Å². The Labute approximate surface area is 165 Å². The molecule has 6 nitrogen and oxygen atoms in total. The minimum absolute atomic E-state index is 0. The van der Waals surface area contributed by atoms with Crippen LogP contribution in [0.3, 0.4) is 0 Å². The van der Waals surface area contributed by atoms with Crippen LogP contribution in [0.15, 0.2) is 29.1 Å². The second-order valence-corrected chi connectivity index (χ2v) is 7.61. The van der Waals surface area contributed by atoms with E-state index in [1.165, 1.54) is 12.8 Å². The average molecular weight is 391 g/mol. The van der Waals surface area contributed by atoms with Crippen LogP contribution in [0.5, 0.6) is 0 Å². The number of nitrogens with one attached hydrogen (secondary N) is 1. The molecular formula is C20H27ClN4O2. The maximum atomic E-state index is 12.8. The Balaban J connectivity index is 0.00000210. The third-order valence-corrected chi connectivity index (χ3v) is 5.95. The highest BCUT2D eigenvalue weighted by Crippen LogP contribution is 2.34. The zero-order valence-corrected chi connectivity index (χ0v) is 16.7. The Hall–Kier alpha value is -1.92. The molecule has 1 N–H and O–H groups in total. The van der Waals surface area contributed by atoms with E-state index in [1.54, 1.807) is 10.7 Å². The molecule has 1 aromatic heterocycles. The van der Waals surface area contributed by atoms with E-state index in [9.17, 15) is 9.59 Å². The number of fused-ring (bicyclic) bond motifs is 3. The van der Waals surface area contributed by atoms with Crippen LogP contribution in [0.2, 0.25) is 0 Å². The number of halogens is 1. The van der Waals surface area contributed by atoms with Crippen molar-refractivity contribution < 1.29 is 4.79 Å². The molecular weight excluding hydrogens is 364 g/mol. The van der Waals surface area contributed by atoms with Crippen molar-refractivity contribution in [2.75, 3.05) is 7.05 Å². The maximum Gasteiger partial charge on any atom is 0.276 e. The highest BCUT2D eigenvalue weighted by molar-refractivity contribution is 5.95. The van der Waals surface area contributed by atoms with E-state index < -0.39 is 0 Å². The average Bonchev–Trinajstić information content (AvgIpc) is 2.85. The van der Waals surface area contributed by atoms with E-state index >= 15 is 0 Å². The van der Waals surface area contributed by atoms with E-state index in [0.29, 0.717) is 24.0 Å². The first-order valence-electron chi connectivity index (χ1n) is 9.61. The van der Waals surface area contributed by atoms with Crippen molar-refractivity contribution in [2.24, 2.45) is 0 Å². The quantitative estimate of drug-likeness (QED) is 0.871. The number of carbonyl (C=O) groups excluding carboxylic acids is 1. The number of benzene rings is 1. The molecule has 7 heteroatoms. The van der Waals surface area contributed by atoms with Gasteiger partial charge in [0.2, 0.25) is 5.43 Å². The Morgan fingerprint density at radius 2 is 1.89 bits per heavy atom. The van der Waals surface area contributed by atoms with Crippen molar-refractivity contribution in [1.29, 1.82) is 0 Å². The summed E-state index contributed by atoms with van der Waals surface area (Å²) in [6.45, 7) is 2.74. The number of hydrogen-bond acceptors (Lipinski definition) is 4. The lowest BCUT2D eigenvalue weighted by Crippen LogP contribution is -2.49. The highest BCUT2D eigenvalue weighted by atomic mass is 35.5. The zero-order chi connectivity index (χ0) is 18.3. The van der Waals surface area contributed by atoms with Crippen LogP contribution >= 0.6 is 12.4 Å². The van der Waals surface area contributed by atoms with Crippen LogP contribution < -0.4 is 10.7 Å². The summed E-state index contributed by atoms with van der Waals surface area (Å²) in [5.74, 6) is -0.334. The van der Waals surface area contributed by atoms with Crippen LogP contribution in [0.25, 0.3) is 10.9 Å². The fourth-order valence-electron chi connectivity index (χ4n) is 4.55. The molecule has 3 heterocycles. The topological polar surface area (TPSA) is 67.2 Å². The third kappa shape index (κ3) is 3.60. The number of aryl methyl sites for hydroxylation is 1. The van der Waals surface area contributed by atoms with Crippen molar-refractivity contribution in [2.45, 2.75) is 63.7 Å². The van der Waals surface area contributed by atoms with Gasteiger partial charge in [0.25, 0.3) is 5.91 Å². The van der Waals surface area contributed by atoms with E-state index in [1.807, 2.05) is 18.2 Å². The Morgan fingerprint density at radius 3 is 2.56 bits per heavy atom. The zero-order valence-electron chi connectivity index (χ0n) is 15.9. The van der Waals surface area contributed by atoms with E-state index in [2.05, 4.69) is 29.3 Å². The minimum Gasteiger partial charge on any atom is -0.348 e. The number of rotatable bonds is 4. The predicted octanol–water partition coefficient (Wildman–Crippen LogP) is 2.58. The first-order valence-corrected chi connectivity index (χ1v) is 9.61. The standard InChI is InChI=1S/C20H26N4O2.ClH/c1-3-10-24-17-7-5-4-6-16(17)19(25)18(22-24)20(26)21-13-11-14-8-9-15(12-13)23(14)2;/h4-7,13-15H,3,8-12H2,1-2H3,(H,21,26);1H. The van der Waals surface area contributed by atoms with Crippen LogP contribution in [-0.4, -0.2) is 45.8 Å². The normalized spacial score (nSPS) is 24.6. The molecule has 1 aromatic carbocycles. The van der Waals surface area contributed by atoms with Crippen molar-refractivity contribution in [3.05, 3.63) is 40.2 Å². The molecule has 2 unspecified atom stereocenters. The fourth-order valence-corrected chi connectivity index (χ4v) is 4.55. The lowest BCUT2D eigenvalue weighted by molar-refractivity contribution is 0.0874. The van der Waals surface area contributed by atoms with Gasteiger partial charge in [-0.15, -0.1) is 12.4 Å². The molecule has 27 heavy (non-hydrogen) atoms. The number of para-hydroxylation sites is 1. The summed E-state index contributed by atoms with van der Waals surface area (Å²) in [6.07, 6.45) is 5.19. The highest BCUT2D eigenvalue weighted by Gasteiger charge is 2.39. The molecule has 0 radical (unpaired) electrons. The van der Waals surface area contributed by atoms with Crippen molar-refractivity contribution in [1.82, 2.24) is 20.0 Å². The fraction of sp³-hybridized carbons (Fsp3) is 0.550. The maximum absolute atomic E-state index is 12.8. The summed E-state index contributed by atoms with van der Waals surface area (Å²) < 4.78 is 1.78. The second kappa shape index (κ2) is 7.98. The molecule has 1 amide bonds. The van der Waals surface area contributed by atoms with Gasteiger partial charge in [-0.05, 0) is 51.3 Å². The Bertz CT molecular complexity index is 883. The molecule has 2 aliphatic rings. The minimum atomic E-state index is -0.334. The Morgan fingerprint density at radius 1 is 1.22 bits per heavy atom. The summed E-state index contributed by atoms with van der Waals surface area (Å²) in [5.41, 5.74) is 0.526. The summed E-state index contributed by atoms with van der Waals surface area (Å²) in [6, 6.07) is 8.60. The van der Waals surface area contributed by atoms with Crippen molar-refractivity contribution in [3.63, 3.8) is 0 Å². The lowest BCUT2D eigenvalue weighted by Gasteiger charge is -2.36. The number of carbonyl (C=O) groups is 1. The summed E-state index contributed by atoms with van der Waals surface area (Å²) >= 11 is 0. The number of nitrogens with zero attached hydrogens (tertiary/aromatic N) is 3. The van der Waals surface area contributed by atoms with E-state index in [4.69, 9.17) is 0 Å². The van der Waals surface area contributed by atoms with Gasteiger partial charge in [-0.2, -0.15) is 5.10 Å². The number of piperidine rings is 1. The first kappa shape index (κ1) is 19.8. The predicted molar refractivity (Wildman–Crippen MR) is 109 cm³/mol. The van der Waals surface area contributed by atoms with Crippen LogP contribution in [0.4, 0.5) is 0 Å². The molecule has 146 valence electrons. The summed E-state index contributed by atoms with van der Waals surface area (Å²) in [7, 11) is 2.18. The van der Waals surface area contributed by atoms with Crippen LogP contribution in [-0.2, 0) is 6.54 Å². The van der Waals surface area contributed by atoms with E-state index in [-0.39, 0.29) is 35.5 Å². The molecule has 0 saturated carbocycles. The summed E-state index contributed by atoms with van der Waals surface area (Å²) in [4.78, 5) is 28.1. The summed E-state index contributed by atoms with van der Waals surface area (Å²) in [5, 5.41) is 8.06. The molecule has 2 bridgehead atoms. The largest absolute Gasteiger partial charge is 0.348 e. The van der Waals surface area contributed by atoms with Gasteiger partial charge in [-0.1, -0.05) is 19.1 Å². The van der Waals surface area contributed by atoms with Gasteiger partial charge in [0, 0.05) is 30.1 Å². The van der Waals surface area contributed by atoms with Gasteiger partial charge in [0.1, 0.15) is 0 Å². The molecule has 2 aliphatic heterocycles. The van der Waals surface area contributed by atoms with Gasteiger partial charge in [0.05, 0.1) is 5.52 Å². The van der Waals surface area contributed by atoms with E-state index in [0.717, 1.165) is 24.8 Å². The Kier molecular flexibility index (Phi) is 5.86. The molecule has 2 atom stereocenters. The van der Waals surface area contributed by atoms with Gasteiger partial charge >= 0.3 is 0 Å². The monoisotopic (exact) mass is 390 g/mol. The molecule has 0 aliphatic carbocycles. The van der Waals surface area contributed by atoms with Crippen LogP contribution in [0.1, 0.15) is 49.5 Å². The molecule has 2 saturated heterocycles. The van der Waals surface area contributed by atoms with Gasteiger partial charge in [0.15, 0.2) is 5.69 Å². The second-order valence-electron chi connectivity index (χ2n) is 7.61. The smallest absolute Gasteiger partial charge is 0.276 e. The molecule has 0 spiro atoms. The van der Waals surface area contributed by atoms with Crippen molar-refractivity contribution in [3.8, 4) is 0 Å². The van der Waals surface area contributed by atoms with Gasteiger partial charge in [-0.3, -0.25) is 14.3 Å². The number of aromatic nitrogens is 2. The SMILES string of the molecule is CCCn1nc(C(=O)NC2CC3CCC(C2)N3C)c(=O)c2ccccc21.Cl. The molecule has 2 fully saturated rings. The van der Waals surface area contributed by atoms with Crippen molar-refractivity contribution >= 4 is 29.2 Å². The molecule has 2 aromatic rings. The third-order valence-electron chi connectivity index (χ3n) is 5.95.